The minimum Gasteiger partial charge on any atom is -0.352 e. The zero-order chi connectivity index (χ0) is 20.1. The standard InChI is InChI=1S/C24H21N3O2/c28-23(26-15-13-18-8-3-1-4-9-18)21-16-20-12-7-14-25-22(20)27(24(21)29)17-19-10-5-2-6-11-19/h1-12,14,16H,13,15,17H2,(H,26,28). The van der Waals surface area contributed by atoms with E-state index in [2.05, 4.69) is 10.3 Å². The van der Waals surface area contributed by atoms with Gasteiger partial charge in [-0.3, -0.25) is 14.2 Å². The van der Waals surface area contributed by atoms with E-state index in [1.165, 1.54) is 0 Å². The average Bonchev–Trinajstić information content (AvgIpc) is 2.77. The topological polar surface area (TPSA) is 64.0 Å². The Morgan fingerprint density at radius 2 is 1.59 bits per heavy atom. The molecule has 1 amide bonds. The van der Waals surface area contributed by atoms with Crippen LogP contribution in [0.25, 0.3) is 11.0 Å². The lowest BCUT2D eigenvalue weighted by Gasteiger charge is -2.12. The monoisotopic (exact) mass is 383 g/mol. The number of hydrogen-bond acceptors (Lipinski definition) is 3. The molecule has 0 bridgehead atoms. The molecule has 1 N–H and O–H groups in total. The average molecular weight is 383 g/mol. The molecule has 0 saturated carbocycles. The van der Waals surface area contributed by atoms with E-state index in [4.69, 9.17) is 0 Å². The van der Waals surface area contributed by atoms with Crippen LogP contribution in [0.1, 0.15) is 21.5 Å². The number of nitrogens with zero attached hydrogens (tertiary/aromatic N) is 2. The van der Waals surface area contributed by atoms with Gasteiger partial charge in [0.05, 0.1) is 6.54 Å². The molecule has 0 saturated heterocycles. The van der Waals surface area contributed by atoms with Gasteiger partial charge in [-0.15, -0.1) is 0 Å². The molecule has 2 heterocycles. The van der Waals surface area contributed by atoms with Crippen molar-refractivity contribution in [3.05, 3.63) is 112 Å². The number of carbonyl (C=O) groups is 1. The summed E-state index contributed by atoms with van der Waals surface area (Å²) in [5.41, 5.74) is 2.48. The first kappa shape index (κ1) is 18.6. The van der Waals surface area contributed by atoms with Crippen LogP contribution >= 0.6 is 0 Å². The second-order valence-corrected chi connectivity index (χ2v) is 6.84. The summed E-state index contributed by atoms with van der Waals surface area (Å²) in [5, 5.41) is 3.63. The molecular formula is C24H21N3O2. The fraction of sp³-hybridized carbons (Fsp3) is 0.125. The number of rotatable bonds is 6. The minimum absolute atomic E-state index is 0.134. The molecule has 2 aromatic carbocycles. The van der Waals surface area contributed by atoms with Crippen molar-refractivity contribution >= 4 is 16.9 Å². The largest absolute Gasteiger partial charge is 0.352 e. The van der Waals surface area contributed by atoms with Crippen LogP contribution in [0.2, 0.25) is 0 Å². The molecule has 4 aromatic rings. The van der Waals surface area contributed by atoms with Crippen molar-refractivity contribution in [2.45, 2.75) is 13.0 Å². The van der Waals surface area contributed by atoms with Gasteiger partial charge in [0.1, 0.15) is 11.2 Å². The Kier molecular flexibility index (Phi) is 5.47. The van der Waals surface area contributed by atoms with Crippen LogP contribution in [-0.4, -0.2) is 22.0 Å². The maximum Gasteiger partial charge on any atom is 0.265 e. The van der Waals surface area contributed by atoms with Gasteiger partial charge in [-0.05, 0) is 35.7 Å². The Bertz CT molecular complexity index is 1190. The maximum absolute atomic E-state index is 13.1. The number of nitrogens with one attached hydrogen (secondary N) is 1. The molecule has 0 fully saturated rings. The molecule has 0 spiro atoms. The number of carbonyl (C=O) groups excluding carboxylic acids is 1. The third kappa shape index (κ3) is 4.24. The molecule has 5 heteroatoms. The van der Waals surface area contributed by atoms with Crippen molar-refractivity contribution in [1.82, 2.24) is 14.9 Å². The van der Waals surface area contributed by atoms with E-state index in [-0.39, 0.29) is 17.0 Å². The number of hydrogen-bond donors (Lipinski definition) is 1. The molecule has 29 heavy (non-hydrogen) atoms. The van der Waals surface area contributed by atoms with Crippen LogP contribution in [0.4, 0.5) is 0 Å². The van der Waals surface area contributed by atoms with Crippen molar-refractivity contribution in [2.24, 2.45) is 0 Å². The predicted octanol–water partition coefficient (Wildman–Crippen LogP) is 3.42. The highest BCUT2D eigenvalue weighted by Gasteiger charge is 2.16. The maximum atomic E-state index is 13.1. The number of benzene rings is 2. The molecule has 144 valence electrons. The first-order valence-corrected chi connectivity index (χ1v) is 9.57. The SMILES string of the molecule is O=C(NCCc1ccccc1)c1cc2cccnc2n(Cc2ccccc2)c1=O. The molecule has 0 atom stereocenters. The van der Waals surface area contributed by atoms with Crippen LogP contribution in [0.15, 0.2) is 89.9 Å². The highest BCUT2D eigenvalue weighted by molar-refractivity contribution is 5.96. The Hall–Kier alpha value is -3.73. The zero-order valence-electron chi connectivity index (χ0n) is 15.9. The van der Waals surface area contributed by atoms with Gasteiger partial charge in [-0.1, -0.05) is 60.7 Å². The Labute approximate surface area is 168 Å². The molecule has 0 aliphatic carbocycles. The second-order valence-electron chi connectivity index (χ2n) is 6.84. The Balaban J connectivity index is 1.63. The molecule has 5 nitrogen and oxygen atoms in total. The van der Waals surface area contributed by atoms with E-state index >= 15 is 0 Å². The van der Waals surface area contributed by atoms with Gasteiger partial charge in [0.2, 0.25) is 0 Å². The summed E-state index contributed by atoms with van der Waals surface area (Å²) in [6.07, 6.45) is 2.36. The third-order valence-electron chi connectivity index (χ3n) is 4.82. The smallest absolute Gasteiger partial charge is 0.265 e. The zero-order valence-corrected chi connectivity index (χ0v) is 15.9. The van der Waals surface area contributed by atoms with Crippen molar-refractivity contribution in [1.29, 1.82) is 0 Å². The van der Waals surface area contributed by atoms with E-state index in [1.807, 2.05) is 66.7 Å². The normalized spacial score (nSPS) is 10.8. The molecule has 2 aromatic heterocycles. The summed E-state index contributed by atoms with van der Waals surface area (Å²) in [6.45, 7) is 0.824. The van der Waals surface area contributed by atoms with E-state index in [0.717, 1.165) is 16.5 Å². The van der Waals surface area contributed by atoms with Crippen LogP contribution in [-0.2, 0) is 13.0 Å². The van der Waals surface area contributed by atoms with Crippen LogP contribution < -0.4 is 10.9 Å². The van der Waals surface area contributed by atoms with Gasteiger partial charge in [0.25, 0.3) is 11.5 Å². The van der Waals surface area contributed by atoms with E-state index in [1.54, 1.807) is 22.9 Å². The quantitative estimate of drug-likeness (QED) is 0.555. The van der Waals surface area contributed by atoms with Crippen LogP contribution in [0, 0.1) is 0 Å². The van der Waals surface area contributed by atoms with Gasteiger partial charge in [-0.25, -0.2) is 4.98 Å². The molecule has 0 aliphatic rings. The van der Waals surface area contributed by atoms with Crippen molar-refractivity contribution < 1.29 is 4.79 Å². The fourth-order valence-electron chi connectivity index (χ4n) is 3.34. The number of fused-ring (bicyclic) bond motifs is 1. The Morgan fingerprint density at radius 1 is 0.897 bits per heavy atom. The fourth-order valence-corrected chi connectivity index (χ4v) is 3.34. The molecular weight excluding hydrogens is 362 g/mol. The van der Waals surface area contributed by atoms with E-state index in [0.29, 0.717) is 25.2 Å². The second kappa shape index (κ2) is 8.52. The summed E-state index contributed by atoms with van der Waals surface area (Å²) in [6, 6.07) is 24.9. The van der Waals surface area contributed by atoms with Crippen LogP contribution in [0.3, 0.4) is 0 Å². The number of amides is 1. The molecule has 0 unspecified atom stereocenters. The minimum atomic E-state index is -0.363. The summed E-state index contributed by atoms with van der Waals surface area (Å²) < 4.78 is 1.57. The van der Waals surface area contributed by atoms with Crippen LogP contribution in [0.5, 0.6) is 0 Å². The van der Waals surface area contributed by atoms with Gasteiger partial charge >= 0.3 is 0 Å². The van der Waals surface area contributed by atoms with E-state index in [9.17, 15) is 9.59 Å². The summed E-state index contributed by atoms with van der Waals surface area (Å²) in [4.78, 5) is 30.3. The van der Waals surface area contributed by atoms with Crippen molar-refractivity contribution in [2.75, 3.05) is 6.54 Å². The lowest BCUT2D eigenvalue weighted by molar-refractivity contribution is 0.0952. The number of pyridine rings is 2. The van der Waals surface area contributed by atoms with Gasteiger partial charge < -0.3 is 5.32 Å². The summed E-state index contributed by atoms with van der Waals surface area (Å²) >= 11 is 0. The first-order valence-electron chi connectivity index (χ1n) is 9.57. The predicted molar refractivity (Wildman–Crippen MR) is 114 cm³/mol. The first-order chi connectivity index (χ1) is 14.2. The third-order valence-corrected chi connectivity index (χ3v) is 4.82. The van der Waals surface area contributed by atoms with Gasteiger partial charge in [-0.2, -0.15) is 0 Å². The molecule has 0 radical (unpaired) electrons. The Morgan fingerprint density at radius 3 is 2.31 bits per heavy atom. The lowest BCUT2D eigenvalue weighted by atomic mass is 10.1. The van der Waals surface area contributed by atoms with Gasteiger partial charge in [0, 0.05) is 18.1 Å². The van der Waals surface area contributed by atoms with Gasteiger partial charge in [0.15, 0.2) is 0 Å². The van der Waals surface area contributed by atoms with Crippen molar-refractivity contribution in [3.8, 4) is 0 Å². The lowest BCUT2D eigenvalue weighted by Crippen LogP contribution is -2.34. The molecule has 4 rings (SSSR count). The highest BCUT2D eigenvalue weighted by Crippen LogP contribution is 2.13. The van der Waals surface area contributed by atoms with E-state index < -0.39 is 0 Å². The highest BCUT2D eigenvalue weighted by atomic mass is 16.2. The summed E-state index contributed by atoms with van der Waals surface area (Å²) in [7, 11) is 0. The number of aromatic nitrogens is 2. The summed E-state index contributed by atoms with van der Waals surface area (Å²) in [5.74, 6) is -0.363. The van der Waals surface area contributed by atoms with Crippen molar-refractivity contribution in [3.63, 3.8) is 0 Å². The molecule has 0 aliphatic heterocycles.